The van der Waals surface area contributed by atoms with Gasteiger partial charge in [-0.15, -0.1) is 9.98 Å². The van der Waals surface area contributed by atoms with Crippen LogP contribution in [0.5, 0.6) is 23.0 Å². The van der Waals surface area contributed by atoms with E-state index in [-0.39, 0.29) is 100 Å². The third kappa shape index (κ3) is 43.8. The monoisotopic (exact) mass is 1990 g/mol. The normalized spacial score (nSPS) is 11.8. The molecule has 0 amide bonds. The molecule has 0 aliphatic carbocycles. The molecule has 125 heavy (non-hydrogen) atoms. The van der Waals surface area contributed by atoms with Gasteiger partial charge in [0.1, 0.15) is 23.0 Å². The van der Waals surface area contributed by atoms with Crippen molar-refractivity contribution >= 4 is 120 Å². The molecule has 1 heterocycles. The highest BCUT2D eigenvalue weighted by atomic mass is 79.9. The number of carbonyl (C=O) groups excluding carboxylic acids is 2. The Morgan fingerprint density at radius 3 is 1.14 bits per heavy atom. The van der Waals surface area contributed by atoms with Crippen LogP contribution in [0.4, 0.5) is 22.7 Å². The van der Waals surface area contributed by atoms with E-state index in [4.69, 9.17) is 67.9 Å². The van der Waals surface area contributed by atoms with Crippen LogP contribution in [0.2, 0.25) is 10.1 Å². The summed E-state index contributed by atoms with van der Waals surface area (Å²) in [5.41, 5.74) is 6.53. The molecular weight excluding hydrogens is 1850 g/mol. The quantitative estimate of drug-likeness (QED) is 0.00194. The number of esters is 2. The van der Waals surface area contributed by atoms with E-state index in [0.717, 1.165) is 29.0 Å². The first-order valence-electron chi connectivity index (χ1n) is 43.2. The van der Waals surface area contributed by atoms with Crippen molar-refractivity contribution < 1.29 is 120 Å². The minimum absolute atomic E-state index is 0. The number of phenolic OH excluding ortho intramolecular Hbond substituents is 2. The molecule has 32 nitrogen and oxygen atoms in total. The summed E-state index contributed by atoms with van der Waals surface area (Å²) in [4.78, 5) is 50.4. The summed E-state index contributed by atoms with van der Waals surface area (Å²) in [6, 6.07) is 59.7. The van der Waals surface area contributed by atoms with E-state index in [1.54, 1.807) is 12.1 Å². The van der Waals surface area contributed by atoms with Gasteiger partial charge in [0.25, 0.3) is 28.0 Å². The van der Waals surface area contributed by atoms with Crippen LogP contribution >= 0.6 is 47.8 Å². The van der Waals surface area contributed by atoms with Crippen LogP contribution in [0.3, 0.4) is 0 Å². The van der Waals surface area contributed by atoms with Gasteiger partial charge in [0.2, 0.25) is 4.29 Å². The molecule has 0 aromatic heterocycles. The molecule has 1 saturated heterocycles. The minimum Gasteiger partial charge on any atom is -0.508 e. The maximum atomic E-state index is 11.2. The van der Waals surface area contributed by atoms with Crippen LogP contribution < -0.4 is 51.8 Å². The van der Waals surface area contributed by atoms with Crippen molar-refractivity contribution in [2.45, 2.75) is 132 Å². The van der Waals surface area contributed by atoms with Crippen molar-refractivity contribution in [2.75, 3.05) is 126 Å². The summed E-state index contributed by atoms with van der Waals surface area (Å²) in [6.07, 6.45) is 3.29. The van der Waals surface area contributed by atoms with Gasteiger partial charge in [-0.2, -0.15) is 0 Å². The first-order valence-corrected chi connectivity index (χ1v) is 46.2. The van der Waals surface area contributed by atoms with E-state index >= 15 is 0 Å². The predicted molar refractivity (Wildman–Crippen MR) is 507 cm³/mol. The van der Waals surface area contributed by atoms with Crippen LogP contribution in [0.15, 0.2) is 194 Å². The second-order valence-corrected chi connectivity index (χ2v) is 39.2. The van der Waals surface area contributed by atoms with Crippen molar-refractivity contribution in [3.8, 4) is 23.0 Å². The minimum atomic E-state index is -2.63. The smallest absolute Gasteiger partial charge is 0.314 e. The molecule has 0 radical (unpaired) electrons. The number of aliphatic hydroxyl groups excluding tert-OH is 8. The maximum Gasteiger partial charge on any atom is 0.314 e. The lowest BCUT2D eigenvalue weighted by Gasteiger charge is -2.43. The first kappa shape index (κ1) is 107. The van der Waals surface area contributed by atoms with Gasteiger partial charge in [0.05, 0.1) is 111 Å². The number of nitrogens with zero attached hydrogens (tertiary/aromatic N) is 3. The van der Waals surface area contributed by atoms with E-state index < -0.39 is 38.4 Å². The molecular formula is C88H134Br3N7O25Si2. The molecule has 0 atom stereocenters. The Balaban J connectivity index is -0.00000155. The molecule has 16 N–H and O–H groups in total. The molecule has 0 bridgehead atoms. The fourth-order valence-corrected chi connectivity index (χ4v) is 22.6. The van der Waals surface area contributed by atoms with Crippen molar-refractivity contribution in [2.24, 2.45) is 0 Å². The van der Waals surface area contributed by atoms with Crippen LogP contribution in [-0.2, 0) is 59.6 Å². The third-order valence-electron chi connectivity index (χ3n) is 17.5. The number of hydrogen-bond acceptors (Lipinski definition) is 30. The van der Waals surface area contributed by atoms with Gasteiger partial charge in [-0.25, -0.2) is 21.5 Å². The van der Waals surface area contributed by atoms with Crippen LogP contribution in [0.25, 0.3) is 0 Å². The van der Waals surface area contributed by atoms with E-state index in [9.17, 15) is 34.9 Å². The van der Waals surface area contributed by atoms with Gasteiger partial charge in [0.15, 0.2) is 0 Å². The number of aliphatic hydroxyl groups is 8. The van der Waals surface area contributed by atoms with Crippen LogP contribution in [0.1, 0.15) is 124 Å². The number of nitro benzene ring substituents is 2. The number of phenols is 2. The molecule has 1 fully saturated rings. The molecule has 0 saturated carbocycles. The Labute approximate surface area is 772 Å². The second-order valence-electron chi connectivity index (χ2n) is 28.2. The highest BCUT2D eigenvalue weighted by Gasteiger charge is 2.51. The van der Waals surface area contributed by atoms with E-state index in [1.807, 2.05) is 12.1 Å². The topological polar surface area (TPSA) is 479 Å². The Morgan fingerprint density at radius 2 is 0.832 bits per heavy atom. The fourth-order valence-electron chi connectivity index (χ4n) is 11.9. The number of benzene rings is 8. The second kappa shape index (κ2) is 68.8. The summed E-state index contributed by atoms with van der Waals surface area (Å²) >= 11 is 9.84. The predicted octanol–water partition coefficient (Wildman–Crippen LogP) is 12.3. The number of nitro groups is 2. The Bertz CT molecular complexity index is 4160. The zero-order valence-corrected chi connectivity index (χ0v) is 79.4. The zero-order chi connectivity index (χ0) is 98.7. The summed E-state index contributed by atoms with van der Waals surface area (Å²) in [6.45, 7) is 19.9. The lowest BCUT2D eigenvalue weighted by atomic mass is 10.2. The highest BCUT2D eigenvalue weighted by molar-refractivity contribution is 9.09. The first-order chi connectivity index (χ1) is 63.1. The van der Waals surface area contributed by atoms with Crippen molar-refractivity contribution in [1.29, 1.82) is 4.29 Å². The van der Waals surface area contributed by atoms with Crippen molar-refractivity contribution in [3.05, 3.63) is 237 Å². The van der Waals surface area contributed by atoms with Gasteiger partial charge in [0, 0.05) is 104 Å². The largest absolute Gasteiger partial charge is 0.508 e. The lowest BCUT2D eigenvalue weighted by molar-refractivity contribution is -0.386. The summed E-state index contributed by atoms with van der Waals surface area (Å²) in [5.74, 6) is 0.332. The number of aromatic hydroxyl groups is 2. The number of carbonyl (C=O) groups is 2. The number of nitrogens with one attached hydrogen (secondary N) is 4. The van der Waals surface area contributed by atoms with E-state index in [2.05, 4.69) is 255 Å². The molecule has 8 aromatic carbocycles. The lowest BCUT2D eigenvalue weighted by Crippen LogP contribution is -2.67. The van der Waals surface area contributed by atoms with Crippen molar-refractivity contribution in [1.82, 2.24) is 15.5 Å². The molecule has 0 unspecified atom stereocenters. The molecule has 1 aliphatic rings. The average molecular weight is 2000 g/mol. The number of ether oxygens (including phenoxy) is 3. The number of alkyl halides is 3. The molecule has 8 aromatic rings. The fraction of sp³-hybridized carbons (Fsp3) is 0.432. The van der Waals surface area contributed by atoms with Crippen LogP contribution in [-0.4, -0.2) is 224 Å². The summed E-state index contributed by atoms with van der Waals surface area (Å²) < 4.78 is 66.4. The standard InChI is InChI=1S/C30H40N2O6Si.C20H29NO2Si.C10H12BrNO4.2C7H9NO4.C4H11NO2.C4H4O3.C3H6Br2.3CH4.H2/c1-30(2,3)39(27-11-6-4-7-12-27,28-13-8-5-9-14-28)38-22-19-31(18-20-33)17-10-21-37-26-15-16-29(32(35)36)25(23-26)24-34;1-20(2,3)24(18-10-6-4-7-11-18,19-12-8-5-9-13-19)23-17-15-21-14-16-22;11-4-1-5-16-9-2-3-10(12(14)15)8(6-9)7-13;2*9-4-5-3-6(10)1-2-7(5)8-12-11;6-3-1-5-2-4-7;5-3-1-2-4(6)7-3;4-2-1-3-5;;;;/h4-9,11-16,23,33-34H,10,17-22,24H2,1-3H3;4-13,21-22H,14-17H2,1-3H3;2-3,6,13H,1,4-5,7H2;2*1-3,8-11H,4H2;5-7H,1-4H2;1-2H2;1-3H2;3*1H4;1H/i34D;;13D;9D;;;;;3*1T;1+1. The summed E-state index contributed by atoms with van der Waals surface area (Å²) in [5, 5.41) is 126. The zero-order valence-electron chi connectivity index (χ0n) is 78.6. The maximum absolute atomic E-state index is 11.2. The number of halogens is 3. The van der Waals surface area contributed by atoms with Gasteiger partial charge < -0.3 is 84.8 Å². The Kier molecular flexibility index (Phi) is 59.0. The summed E-state index contributed by atoms with van der Waals surface area (Å²) in [7, 11) is -1.29. The number of anilines is 2. The molecule has 9 rings (SSSR count). The number of hydrogen-bond donors (Lipinski definition) is 16. The average Bonchev–Trinajstić information content (AvgIpc) is 0.914. The molecule has 37 heteroatoms. The highest BCUT2D eigenvalue weighted by Crippen LogP contribution is 2.38. The SMILES string of the molecule is BrCCCBr.CC(C)(C)[Si](OCCNCCO)(c1ccccc1)c1ccccc1.O=C1CCC(=O)O1.OCCNCCO.OCc1cc(O)ccc1NOO.[2HH].[2H]OCc1cc(O)ccc1NOO.[2H]OCc1cc(OCCCBr)ccc1[N+](=O)[O-].[2H]OCc1cc(OCCCN(CCO)CCO[Si](c2ccccc2)(c2ccccc2)C(C)(C)C)ccc1[N+](=O)[O-].[3H]C.[3H]C.[3H]C. The molecule has 700 valence electrons. The number of cyclic esters (lactones) is 2. The van der Waals surface area contributed by atoms with Gasteiger partial charge in [-0.05, 0) is 111 Å². The molecule has 0 spiro atoms. The van der Waals surface area contributed by atoms with E-state index in [0.29, 0.717) is 117 Å². The van der Waals surface area contributed by atoms with Gasteiger partial charge in [-0.1, -0.05) is 233 Å². The van der Waals surface area contributed by atoms with Crippen molar-refractivity contribution in [3.63, 3.8) is 0 Å². The van der Waals surface area contributed by atoms with Crippen LogP contribution in [0, 0.1) is 20.2 Å². The van der Waals surface area contributed by atoms with Gasteiger partial charge in [-0.3, -0.25) is 34.7 Å². The Hall–Kier alpha value is -8.31. The number of rotatable bonds is 44. The van der Waals surface area contributed by atoms with Gasteiger partial charge >= 0.3 is 11.9 Å². The Morgan fingerprint density at radius 1 is 0.472 bits per heavy atom. The molecule has 1 aliphatic heterocycles. The van der Waals surface area contributed by atoms with E-state index in [1.165, 1.54) is 110 Å². The third-order valence-corrected chi connectivity index (χ3v) is 29.3.